The van der Waals surface area contributed by atoms with E-state index in [1.807, 2.05) is 12.3 Å². The van der Waals surface area contributed by atoms with Gasteiger partial charge in [-0.1, -0.05) is 13.8 Å². The second-order valence-electron chi connectivity index (χ2n) is 4.48. The van der Waals surface area contributed by atoms with E-state index in [0.717, 1.165) is 31.0 Å². The van der Waals surface area contributed by atoms with Gasteiger partial charge in [0, 0.05) is 32.1 Å². The summed E-state index contributed by atoms with van der Waals surface area (Å²) in [5.41, 5.74) is 2.16. The molecule has 0 aromatic carbocycles. The lowest BCUT2D eigenvalue weighted by Crippen LogP contribution is -2.19. The molecule has 96 valence electrons. The zero-order valence-corrected chi connectivity index (χ0v) is 11.0. The Hall–Kier alpha value is -1.13. The minimum Gasteiger partial charge on any atom is -0.383 e. The van der Waals surface area contributed by atoms with Gasteiger partial charge in [0.05, 0.1) is 12.3 Å². The summed E-state index contributed by atoms with van der Waals surface area (Å²) in [6.07, 6.45) is 1.83. The van der Waals surface area contributed by atoms with Gasteiger partial charge in [-0.15, -0.1) is 0 Å². The molecule has 0 bridgehead atoms. The number of rotatable bonds is 8. The lowest BCUT2D eigenvalue weighted by atomic mass is 10.2. The molecule has 1 aromatic rings. The second kappa shape index (κ2) is 8.03. The Kier molecular flexibility index (Phi) is 6.58. The van der Waals surface area contributed by atoms with Crippen LogP contribution >= 0.6 is 0 Å². The van der Waals surface area contributed by atoms with Crippen molar-refractivity contribution in [3.05, 3.63) is 24.0 Å². The number of hydrogen-bond donors (Lipinski definition) is 2. The van der Waals surface area contributed by atoms with Crippen LogP contribution in [0, 0.1) is 5.92 Å². The van der Waals surface area contributed by atoms with Crippen LogP contribution in [0.1, 0.15) is 19.5 Å². The first-order valence-corrected chi connectivity index (χ1v) is 6.11. The maximum absolute atomic E-state index is 4.99. The van der Waals surface area contributed by atoms with Crippen molar-refractivity contribution in [1.29, 1.82) is 0 Å². The fourth-order valence-corrected chi connectivity index (χ4v) is 1.47. The normalized spacial score (nSPS) is 10.8. The van der Waals surface area contributed by atoms with Gasteiger partial charge in [-0.3, -0.25) is 4.98 Å². The molecule has 0 spiro atoms. The average molecular weight is 237 g/mol. The maximum atomic E-state index is 4.99. The molecule has 4 heteroatoms. The SMILES string of the molecule is COCCNc1ccnc(CNCC(C)C)c1. The van der Waals surface area contributed by atoms with Crippen LogP contribution in [0.25, 0.3) is 0 Å². The van der Waals surface area contributed by atoms with Gasteiger partial charge >= 0.3 is 0 Å². The van der Waals surface area contributed by atoms with Gasteiger partial charge in [-0.25, -0.2) is 0 Å². The van der Waals surface area contributed by atoms with E-state index in [-0.39, 0.29) is 0 Å². The number of nitrogens with one attached hydrogen (secondary N) is 2. The third-order valence-electron chi connectivity index (χ3n) is 2.31. The van der Waals surface area contributed by atoms with E-state index in [9.17, 15) is 0 Å². The zero-order chi connectivity index (χ0) is 12.5. The number of nitrogens with zero attached hydrogens (tertiary/aromatic N) is 1. The molecule has 0 fully saturated rings. The molecule has 1 aromatic heterocycles. The lowest BCUT2D eigenvalue weighted by Gasteiger charge is -2.09. The molecular weight excluding hydrogens is 214 g/mol. The first-order valence-electron chi connectivity index (χ1n) is 6.11. The van der Waals surface area contributed by atoms with Gasteiger partial charge in [0.25, 0.3) is 0 Å². The first kappa shape index (κ1) is 13.9. The molecule has 1 rings (SSSR count). The lowest BCUT2D eigenvalue weighted by molar-refractivity contribution is 0.211. The molecule has 4 nitrogen and oxygen atoms in total. The fourth-order valence-electron chi connectivity index (χ4n) is 1.47. The van der Waals surface area contributed by atoms with Gasteiger partial charge in [-0.05, 0) is 24.6 Å². The van der Waals surface area contributed by atoms with Crippen LogP contribution in [0.3, 0.4) is 0 Å². The minimum absolute atomic E-state index is 0.665. The maximum Gasteiger partial charge on any atom is 0.0635 e. The monoisotopic (exact) mass is 237 g/mol. The Morgan fingerprint density at radius 3 is 2.94 bits per heavy atom. The second-order valence-corrected chi connectivity index (χ2v) is 4.48. The molecule has 0 aliphatic carbocycles. The quantitative estimate of drug-likeness (QED) is 0.678. The summed E-state index contributed by atoms with van der Waals surface area (Å²) in [5, 5.41) is 6.67. The Labute approximate surface area is 104 Å². The average Bonchev–Trinajstić information content (AvgIpc) is 2.29. The van der Waals surface area contributed by atoms with E-state index in [1.54, 1.807) is 7.11 Å². The highest BCUT2D eigenvalue weighted by atomic mass is 16.5. The van der Waals surface area contributed by atoms with Gasteiger partial charge in [0.15, 0.2) is 0 Å². The smallest absolute Gasteiger partial charge is 0.0635 e. The van der Waals surface area contributed by atoms with Gasteiger partial charge < -0.3 is 15.4 Å². The van der Waals surface area contributed by atoms with Crippen molar-refractivity contribution in [2.24, 2.45) is 5.92 Å². The van der Waals surface area contributed by atoms with Crippen LogP contribution in [0.15, 0.2) is 18.3 Å². The highest BCUT2D eigenvalue weighted by Crippen LogP contribution is 2.07. The Morgan fingerprint density at radius 2 is 2.24 bits per heavy atom. The number of anilines is 1. The standard InChI is InChI=1S/C13H23N3O/c1-11(2)9-14-10-13-8-12(4-5-15-13)16-6-7-17-3/h4-5,8,11,14H,6-7,9-10H2,1-3H3,(H,15,16). The van der Waals surface area contributed by atoms with Crippen LogP contribution in [-0.2, 0) is 11.3 Å². The van der Waals surface area contributed by atoms with E-state index < -0.39 is 0 Å². The molecule has 1 heterocycles. The van der Waals surface area contributed by atoms with Crippen molar-refractivity contribution in [3.63, 3.8) is 0 Å². The summed E-state index contributed by atoms with van der Waals surface area (Å²) in [5.74, 6) is 0.665. The van der Waals surface area contributed by atoms with Crippen molar-refractivity contribution < 1.29 is 4.74 Å². The van der Waals surface area contributed by atoms with E-state index in [0.29, 0.717) is 12.5 Å². The highest BCUT2D eigenvalue weighted by Gasteiger charge is 1.98. The van der Waals surface area contributed by atoms with Crippen molar-refractivity contribution >= 4 is 5.69 Å². The summed E-state index contributed by atoms with van der Waals surface area (Å²) in [6.45, 7) is 7.76. The Morgan fingerprint density at radius 1 is 1.41 bits per heavy atom. The molecule has 0 saturated heterocycles. The Bertz CT molecular complexity index is 315. The van der Waals surface area contributed by atoms with Crippen molar-refractivity contribution in [2.75, 3.05) is 32.1 Å². The van der Waals surface area contributed by atoms with Crippen molar-refractivity contribution in [3.8, 4) is 0 Å². The predicted octanol–water partition coefficient (Wildman–Crippen LogP) is 1.89. The fraction of sp³-hybridized carbons (Fsp3) is 0.615. The summed E-state index contributed by atoms with van der Waals surface area (Å²) in [7, 11) is 1.70. The van der Waals surface area contributed by atoms with Crippen LogP contribution in [0.5, 0.6) is 0 Å². The highest BCUT2D eigenvalue weighted by molar-refractivity contribution is 5.43. The summed E-state index contributed by atoms with van der Waals surface area (Å²) in [4.78, 5) is 4.33. The topological polar surface area (TPSA) is 46.2 Å². The molecular formula is C13H23N3O. The third-order valence-corrected chi connectivity index (χ3v) is 2.31. The van der Waals surface area contributed by atoms with E-state index in [4.69, 9.17) is 4.74 Å². The van der Waals surface area contributed by atoms with E-state index >= 15 is 0 Å². The van der Waals surface area contributed by atoms with E-state index in [2.05, 4.69) is 35.5 Å². The number of hydrogen-bond acceptors (Lipinski definition) is 4. The molecule has 0 radical (unpaired) electrons. The minimum atomic E-state index is 0.665. The van der Waals surface area contributed by atoms with Crippen LogP contribution in [0.4, 0.5) is 5.69 Å². The molecule has 2 N–H and O–H groups in total. The molecule has 0 amide bonds. The van der Waals surface area contributed by atoms with Crippen molar-refractivity contribution in [1.82, 2.24) is 10.3 Å². The Balaban J connectivity index is 2.37. The number of pyridine rings is 1. The van der Waals surface area contributed by atoms with Crippen LogP contribution < -0.4 is 10.6 Å². The molecule has 0 saturated carbocycles. The van der Waals surface area contributed by atoms with Gasteiger partial charge in [0.2, 0.25) is 0 Å². The van der Waals surface area contributed by atoms with Crippen LogP contribution in [0.2, 0.25) is 0 Å². The number of ether oxygens (including phenoxy) is 1. The van der Waals surface area contributed by atoms with Crippen LogP contribution in [-0.4, -0.2) is 31.8 Å². The largest absolute Gasteiger partial charge is 0.383 e. The first-order chi connectivity index (χ1) is 8.22. The molecule has 0 unspecified atom stereocenters. The molecule has 0 atom stereocenters. The van der Waals surface area contributed by atoms with Gasteiger partial charge in [0.1, 0.15) is 0 Å². The summed E-state index contributed by atoms with van der Waals surface area (Å²) < 4.78 is 4.99. The van der Waals surface area contributed by atoms with Gasteiger partial charge in [-0.2, -0.15) is 0 Å². The molecule has 0 aliphatic heterocycles. The number of aromatic nitrogens is 1. The zero-order valence-electron chi connectivity index (χ0n) is 11.0. The third kappa shape index (κ3) is 6.24. The molecule has 17 heavy (non-hydrogen) atoms. The van der Waals surface area contributed by atoms with E-state index in [1.165, 1.54) is 0 Å². The summed E-state index contributed by atoms with van der Waals surface area (Å²) in [6, 6.07) is 4.05. The number of methoxy groups -OCH3 is 1. The molecule has 0 aliphatic rings. The van der Waals surface area contributed by atoms with Crippen molar-refractivity contribution in [2.45, 2.75) is 20.4 Å². The predicted molar refractivity (Wildman–Crippen MR) is 71.1 cm³/mol. The summed E-state index contributed by atoms with van der Waals surface area (Å²) >= 11 is 0.